The number of aliphatic hydroxyl groups is 1. The molecule has 8 nitrogen and oxygen atoms in total. The molecule has 2 aromatic heterocycles. The number of nitrogens with one attached hydrogen (secondary N) is 2. The molecule has 0 saturated carbocycles. The van der Waals surface area contributed by atoms with Gasteiger partial charge in [-0.25, -0.2) is 9.37 Å². The van der Waals surface area contributed by atoms with Crippen LogP contribution in [0, 0.1) is 5.82 Å². The maximum absolute atomic E-state index is 14.6. The molecule has 1 aliphatic rings. The summed E-state index contributed by atoms with van der Waals surface area (Å²) in [5.41, 5.74) is -0.222. The Balaban J connectivity index is 1.61. The van der Waals surface area contributed by atoms with Crippen molar-refractivity contribution in [1.29, 1.82) is 0 Å². The number of aromatic amines is 1. The quantitative estimate of drug-likeness (QED) is 0.254. The van der Waals surface area contributed by atoms with Gasteiger partial charge in [0.25, 0.3) is 5.91 Å². The Morgan fingerprint density at radius 2 is 1.90 bits per heavy atom. The molecule has 0 spiro atoms. The summed E-state index contributed by atoms with van der Waals surface area (Å²) in [6.07, 6.45) is -3.82. The molecular formula is C27H21ClF4N4O4. The van der Waals surface area contributed by atoms with Crippen LogP contribution < -0.4 is 15.8 Å². The normalized spacial score (nSPS) is 18.2. The average Bonchev–Trinajstić information content (AvgIpc) is 3.53. The van der Waals surface area contributed by atoms with Gasteiger partial charge in [-0.1, -0.05) is 11.6 Å². The number of nitrogens with two attached hydrogens (primary N) is 1. The van der Waals surface area contributed by atoms with Crippen LogP contribution in [0.25, 0.3) is 22.2 Å². The van der Waals surface area contributed by atoms with E-state index >= 15 is 0 Å². The predicted molar refractivity (Wildman–Crippen MR) is 137 cm³/mol. The number of carbonyl (C=O) groups is 2. The smallest absolute Gasteiger partial charge is 0.424 e. The molecule has 2 atom stereocenters. The van der Waals surface area contributed by atoms with Gasteiger partial charge in [0.15, 0.2) is 0 Å². The van der Waals surface area contributed by atoms with Crippen molar-refractivity contribution in [2.75, 3.05) is 13.2 Å². The zero-order valence-electron chi connectivity index (χ0n) is 20.7. The number of primary amides is 1. The van der Waals surface area contributed by atoms with E-state index in [2.05, 4.69) is 15.3 Å². The van der Waals surface area contributed by atoms with Gasteiger partial charge in [0.2, 0.25) is 11.5 Å². The van der Waals surface area contributed by atoms with E-state index in [1.807, 2.05) is 0 Å². The number of pyridine rings is 1. The topological polar surface area (TPSA) is 130 Å². The molecule has 1 aliphatic heterocycles. The highest BCUT2D eigenvalue weighted by atomic mass is 35.5. The number of hydrogen-bond donors (Lipinski definition) is 4. The van der Waals surface area contributed by atoms with Gasteiger partial charge in [0.1, 0.15) is 29.3 Å². The van der Waals surface area contributed by atoms with Crippen molar-refractivity contribution in [1.82, 2.24) is 15.3 Å². The lowest BCUT2D eigenvalue weighted by Gasteiger charge is -2.31. The number of nitrogens with zero attached hydrogens (tertiary/aromatic N) is 1. The summed E-state index contributed by atoms with van der Waals surface area (Å²) < 4.78 is 62.9. The first-order valence-corrected chi connectivity index (χ1v) is 12.2. The maximum Gasteiger partial charge on any atom is 0.424 e. The number of rotatable bonds is 6. The van der Waals surface area contributed by atoms with Crippen molar-refractivity contribution >= 4 is 34.3 Å². The highest BCUT2D eigenvalue weighted by Crippen LogP contribution is 2.47. The lowest BCUT2D eigenvalue weighted by atomic mass is 9.81. The third-order valence-corrected chi connectivity index (χ3v) is 7.36. The van der Waals surface area contributed by atoms with E-state index < -0.39 is 47.1 Å². The molecule has 0 bridgehead atoms. The van der Waals surface area contributed by atoms with Crippen LogP contribution in [0.15, 0.2) is 54.7 Å². The minimum Gasteiger partial charge on any atom is -0.489 e. The van der Waals surface area contributed by atoms with Gasteiger partial charge >= 0.3 is 6.18 Å². The lowest BCUT2D eigenvalue weighted by Crippen LogP contribution is -2.51. The highest BCUT2D eigenvalue weighted by Gasteiger charge is 2.57. The monoisotopic (exact) mass is 576 g/mol. The predicted octanol–water partition coefficient (Wildman–Crippen LogP) is 4.34. The van der Waals surface area contributed by atoms with Gasteiger partial charge in [-0.2, -0.15) is 13.2 Å². The van der Waals surface area contributed by atoms with E-state index in [9.17, 15) is 32.3 Å². The Labute approximate surface area is 229 Å². The molecule has 0 aliphatic carbocycles. The summed E-state index contributed by atoms with van der Waals surface area (Å²) in [6, 6.07) is 9.86. The average molecular weight is 577 g/mol. The third-order valence-electron chi connectivity index (χ3n) is 7.05. The summed E-state index contributed by atoms with van der Waals surface area (Å²) in [5.74, 6) is -2.42. The van der Waals surface area contributed by atoms with E-state index in [-0.39, 0.29) is 34.7 Å². The van der Waals surface area contributed by atoms with Crippen LogP contribution in [-0.2, 0) is 15.8 Å². The fraction of sp³-hybridized carbons (Fsp3) is 0.222. The van der Waals surface area contributed by atoms with Gasteiger partial charge in [-0.05, 0) is 55.5 Å². The second-order valence-electron chi connectivity index (χ2n) is 9.63. The molecule has 4 aromatic rings. The molecule has 0 fully saturated rings. The van der Waals surface area contributed by atoms with E-state index in [4.69, 9.17) is 22.1 Å². The Bertz CT molecular complexity index is 1660. The lowest BCUT2D eigenvalue weighted by molar-refractivity contribution is -0.265. The van der Waals surface area contributed by atoms with Gasteiger partial charge in [-0.3, -0.25) is 9.59 Å². The zero-order chi connectivity index (χ0) is 29.0. The van der Waals surface area contributed by atoms with Crippen molar-refractivity contribution in [3.63, 3.8) is 0 Å². The van der Waals surface area contributed by atoms with Crippen molar-refractivity contribution in [3.05, 3.63) is 82.4 Å². The largest absolute Gasteiger partial charge is 0.489 e. The van der Waals surface area contributed by atoms with Gasteiger partial charge in [0, 0.05) is 28.3 Å². The van der Waals surface area contributed by atoms with Crippen LogP contribution in [0.5, 0.6) is 5.75 Å². The summed E-state index contributed by atoms with van der Waals surface area (Å²) in [7, 11) is 0. The summed E-state index contributed by atoms with van der Waals surface area (Å²) >= 11 is 6.11. The molecule has 208 valence electrons. The van der Waals surface area contributed by atoms with Crippen LogP contribution in [0.2, 0.25) is 5.02 Å². The number of halogens is 5. The number of hydrogen-bond acceptors (Lipinski definition) is 5. The standard InChI is InChI=1S/C27H21ClF4N4O4/c1-25(24(33)38)12-40-22-17(25)10-19(36-20(22)13-2-4-14(29)5-3-13)26(39,27(30,31)32)11-35-23(37)16-6-7-18(28)21-15(16)8-9-34-21/h2-10,34,39H,11-12H2,1H3,(H2,33,38)(H,35,37)/t25-,26?/m0/s1. The molecule has 13 heteroatoms. The zero-order valence-corrected chi connectivity index (χ0v) is 21.5. The summed E-state index contributed by atoms with van der Waals surface area (Å²) in [5, 5.41) is 14.0. The molecule has 0 radical (unpaired) electrons. The van der Waals surface area contributed by atoms with Crippen LogP contribution in [0.4, 0.5) is 17.6 Å². The second kappa shape index (κ2) is 9.49. The molecule has 1 unspecified atom stereocenters. The Kier molecular flexibility index (Phi) is 6.50. The Morgan fingerprint density at radius 3 is 2.55 bits per heavy atom. The molecule has 5 N–H and O–H groups in total. The molecular weight excluding hydrogens is 556 g/mol. The van der Waals surface area contributed by atoms with Crippen molar-refractivity contribution in [3.8, 4) is 17.0 Å². The molecule has 40 heavy (non-hydrogen) atoms. The number of H-pyrrole nitrogens is 1. The van der Waals surface area contributed by atoms with E-state index in [0.29, 0.717) is 15.9 Å². The van der Waals surface area contributed by atoms with E-state index in [0.717, 1.165) is 18.2 Å². The van der Waals surface area contributed by atoms with Gasteiger partial charge < -0.3 is 25.9 Å². The first kappa shape index (κ1) is 27.4. The highest BCUT2D eigenvalue weighted by molar-refractivity contribution is 6.35. The first-order chi connectivity index (χ1) is 18.8. The SMILES string of the molecule is C[C@]1(C(N)=O)COc2c1cc(C(O)(CNC(=O)c1ccc(Cl)c3[nH]ccc13)C(F)(F)F)nc2-c1ccc(F)cc1. The van der Waals surface area contributed by atoms with Gasteiger partial charge in [0.05, 0.1) is 22.8 Å². The number of carbonyl (C=O) groups excluding carboxylic acids is 2. The number of alkyl halides is 3. The van der Waals surface area contributed by atoms with Crippen LogP contribution in [-0.4, -0.2) is 46.2 Å². The fourth-order valence-corrected chi connectivity index (χ4v) is 4.78. The van der Waals surface area contributed by atoms with Crippen molar-refractivity contribution < 1.29 is 37.0 Å². The fourth-order valence-electron chi connectivity index (χ4n) is 4.56. The van der Waals surface area contributed by atoms with Crippen LogP contribution >= 0.6 is 11.6 Å². The maximum atomic E-state index is 14.6. The van der Waals surface area contributed by atoms with Gasteiger partial charge in [-0.15, -0.1) is 0 Å². The second-order valence-corrected chi connectivity index (χ2v) is 10.0. The minimum atomic E-state index is -5.34. The molecule has 2 aromatic carbocycles. The Morgan fingerprint density at radius 1 is 1.20 bits per heavy atom. The number of amides is 2. The third kappa shape index (κ3) is 4.33. The number of benzene rings is 2. The van der Waals surface area contributed by atoms with E-state index in [1.54, 1.807) is 0 Å². The number of aromatic nitrogens is 2. The molecule has 3 heterocycles. The van der Waals surface area contributed by atoms with Crippen molar-refractivity contribution in [2.45, 2.75) is 24.1 Å². The first-order valence-electron chi connectivity index (χ1n) is 11.8. The Hall–Kier alpha value is -4.16. The van der Waals surface area contributed by atoms with Crippen LogP contribution in [0.3, 0.4) is 0 Å². The van der Waals surface area contributed by atoms with E-state index in [1.165, 1.54) is 43.5 Å². The molecule has 0 saturated heterocycles. The minimum absolute atomic E-state index is 0.0220. The van der Waals surface area contributed by atoms with Crippen LogP contribution in [0.1, 0.15) is 28.5 Å². The number of ether oxygens (including phenoxy) is 1. The molecule has 5 rings (SSSR count). The summed E-state index contributed by atoms with van der Waals surface area (Å²) in [6.45, 7) is -0.232. The van der Waals surface area contributed by atoms with Crippen molar-refractivity contribution in [2.24, 2.45) is 5.73 Å². The molecule has 2 amide bonds. The summed E-state index contributed by atoms with van der Waals surface area (Å²) in [4.78, 5) is 32.2. The number of fused-ring (bicyclic) bond motifs is 2.